The van der Waals surface area contributed by atoms with E-state index < -0.39 is 0 Å². The van der Waals surface area contributed by atoms with E-state index in [0.29, 0.717) is 0 Å². The molecular formula is C16H24BrN. The molecule has 1 aromatic carbocycles. The van der Waals surface area contributed by atoms with Gasteiger partial charge in [0.2, 0.25) is 0 Å². The van der Waals surface area contributed by atoms with Crippen LogP contribution in [-0.4, -0.2) is 13.6 Å². The first-order chi connectivity index (χ1) is 8.79. The van der Waals surface area contributed by atoms with Gasteiger partial charge in [0.15, 0.2) is 0 Å². The van der Waals surface area contributed by atoms with Gasteiger partial charge in [-0.2, -0.15) is 0 Å². The third kappa shape index (κ3) is 4.10. The van der Waals surface area contributed by atoms with E-state index >= 15 is 0 Å². The normalized spacial score (nSPS) is 24.8. The maximum Gasteiger partial charge on any atom is 0.0175 e. The first-order valence-corrected chi connectivity index (χ1v) is 7.98. The molecule has 1 aromatic rings. The van der Waals surface area contributed by atoms with E-state index in [4.69, 9.17) is 0 Å². The van der Waals surface area contributed by atoms with Gasteiger partial charge in [-0.3, -0.25) is 0 Å². The summed E-state index contributed by atoms with van der Waals surface area (Å²) >= 11 is 3.51. The lowest BCUT2D eigenvalue weighted by molar-refractivity contribution is 0.304. The quantitative estimate of drug-likeness (QED) is 0.812. The topological polar surface area (TPSA) is 12.0 Å². The second-order valence-electron chi connectivity index (χ2n) is 5.55. The van der Waals surface area contributed by atoms with E-state index in [1.807, 2.05) is 0 Å². The third-order valence-electron chi connectivity index (χ3n) is 4.19. The minimum absolute atomic E-state index is 0.862. The predicted molar refractivity (Wildman–Crippen MR) is 81.8 cm³/mol. The summed E-state index contributed by atoms with van der Waals surface area (Å²) in [5.41, 5.74) is 1.49. The molecule has 1 aliphatic carbocycles. The van der Waals surface area contributed by atoms with Crippen LogP contribution in [-0.2, 0) is 6.42 Å². The highest BCUT2D eigenvalue weighted by atomic mass is 79.9. The van der Waals surface area contributed by atoms with E-state index in [0.717, 1.165) is 11.8 Å². The van der Waals surface area contributed by atoms with E-state index in [-0.39, 0.29) is 0 Å². The molecule has 2 heteroatoms. The molecule has 0 saturated heterocycles. The van der Waals surface area contributed by atoms with E-state index in [1.165, 1.54) is 55.1 Å². The standard InChI is InChI=1S/C16H24BrN/c1-18-12-15-6-4-2-3-5-14(15)11-13-7-9-16(17)10-8-13/h7-10,14-15,18H,2-6,11-12H2,1H3. The molecule has 0 spiro atoms. The van der Waals surface area contributed by atoms with Crippen molar-refractivity contribution in [2.75, 3.05) is 13.6 Å². The molecule has 18 heavy (non-hydrogen) atoms. The average Bonchev–Trinajstić information content (AvgIpc) is 2.59. The van der Waals surface area contributed by atoms with Gasteiger partial charge in [0.1, 0.15) is 0 Å². The molecule has 2 atom stereocenters. The molecule has 1 nitrogen and oxygen atoms in total. The minimum atomic E-state index is 0.862. The molecule has 0 bridgehead atoms. The van der Waals surface area contributed by atoms with Crippen LogP contribution in [0.3, 0.4) is 0 Å². The Morgan fingerprint density at radius 3 is 2.39 bits per heavy atom. The summed E-state index contributed by atoms with van der Waals surface area (Å²) in [6, 6.07) is 8.87. The molecule has 1 fully saturated rings. The summed E-state index contributed by atoms with van der Waals surface area (Å²) in [6.07, 6.45) is 8.33. The van der Waals surface area contributed by atoms with Crippen LogP contribution in [0.25, 0.3) is 0 Å². The summed E-state index contributed by atoms with van der Waals surface area (Å²) in [6.45, 7) is 1.18. The second kappa shape index (κ2) is 7.30. The van der Waals surface area contributed by atoms with E-state index in [2.05, 4.69) is 52.6 Å². The summed E-state index contributed by atoms with van der Waals surface area (Å²) < 4.78 is 1.18. The summed E-state index contributed by atoms with van der Waals surface area (Å²) in [5, 5.41) is 3.38. The molecule has 1 N–H and O–H groups in total. The fraction of sp³-hybridized carbons (Fsp3) is 0.625. The number of rotatable bonds is 4. The van der Waals surface area contributed by atoms with Gasteiger partial charge >= 0.3 is 0 Å². The zero-order chi connectivity index (χ0) is 12.8. The van der Waals surface area contributed by atoms with Crippen molar-refractivity contribution in [2.45, 2.75) is 38.5 Å². The molecule has 0 aliphatic heterocycles. The van der Waals surface area contributed by atoms with Crippen LogP contribution in [0.2, 0.25) is 0 Å². The van der Waals surface area contributed by atoms with Gasteiger partial charge < -0.3 is 5.32 Å². The molecule has 0 radical (unpaired) electrons. The smallest absolute Gasteiger partial charge is 0.0175 e. The first kappa shape index (κ1) is 14.1. The Hall–Kier alpha value is -0.340. The molecular weight excluding hydrogens is 286 g/mol. The van der Waals surface area contributed by atoms with Crippen molar-refractivity contribution in [3.05, 3.63) is 34.3 Å². The maximum atomic E-state index is 3.51. The highest BCUT2D eigenvalue weighted by Crippen LogP contribution is 2.31. The van der Waals surface area contributed by atoms with Crippen molar-refractivity contribution < 1.29 is 0 Å². The minimum Gasteiger partial charge on any atom is -0.319 e. The lowest BCUT2D eigenvalue weighted by Gasteiger charge is -2.25. The van der Waals surface area contributed by atoms with Crippen LogP contribution in [0.1, 0.15) is 37.7 Å². The zero-order valence-electron chi connectivity index (χ0n) is 11.3. The average molecular weight is 310 g/mol. The monoisotopic (exact) mass is 309 g/mol. The molecule has 0 amide bonds. The number of hydrogen-bond acceptors (Lipinski definition) is 1. The maximum absolute atomic E-state index is 3.51. The van der Waals surface area contributed by atoms with Gasteiger partial charge in [0.05, 0.1) is 0 Å². The molecule has 2 unspecified atom stereocenters. The Bertz CT molecular complexity index is 347. The lowest BCUT2D eigenvalue weighted by atomic mass is 9.83. The third-order valence-corrected chi connectivity index (χ3v) is 4.72. The van der Waals surface area contributed by atoms with Gasteiger partial charge in [0.25, 0.3) is 0 Å². The van der Waals surface area contributed by atoms with Gasteiger partial charge in [-0.15, -0.1) is 0 Å². The Labute approximate surface area is 119 Å². The van der Waals surface area contributed by atoms with Crippen LogP contribution in [0.15, 0.2) is 28.7 Å². The van der Waals surface area contributed by atoms with Crippen LogP contribution in [0.4, 0.5) is 0 Å². The summed E-state index contributed by atoms with van der Waals surface area (Å²) in [4.78, 5) is 0. The van der Waals surface area contributed by atoms with Crippen molar-refractivity contribution in [1.82, 2.24) is 5.32 Å². The summed E-state index contributed by atoms with van der Waals surface area (Å²) in [5.74, 6) is 1.72. The zero-order valence-corrected chi connectivity index (χ0v) is 12.9. The molecule has 0 aromatic heterocycles. The molecule has 1 aliphatic rings. The first-order valence-electron chi connectivity index (χ1n) is 7.18. The summed E-state index contributed by atoms with van der Waals surface area (Å²) in [7, 11) is 2.08. The van der Waals surface area contributed by atoms with Crippen molar-refractivity contribution in [2.24, 2.45) is 11.8 Å². The van der Waals surface area contributed by atoms with Crippen LogP contribution < -0.4 is 5.32 Å². The number of benzene rings is 1. The molecule has 1 saturated carbocycles. The molecule has 2 rings (SSSR count). The molecule has 100 valence electrons. The van der Waals surface area contributed by atoms with Gasteiger partial charge in [-0.25, -0.2) is 0 Å². The van der Waals surface area contributed by atoms with E-state index in [9.17, 15) is 0 Å². The van der Waals surface area contributed by atoms with Crippen LogP contribution in [0, 0.1) is 11.8 Å². The molecule has 0 heterocycles. The van der Waals surface area contributed by atoms with Gasteiger partial charge in [-0.05, 0) is 62.4 Å². The Morgan fingerprint density at radius 2 is 1.72 bits per heavy atom. The fourth-order valence-corrected chi connectivity index (χ4v) is 3.45. The number of hydrogen-bond donors (Lipinski definition) is 1. The second-order valence-corrected chi connectivity index (χ2v) is 6.46. The van der Waals surface area contributed by atoms with Crippen molar-refractivity contribution in [3.63, 3.8) is 0 Å². The van der Waals surface area contributed by atoms with Crippen molar-refractivity contribution in [3.8, 4) is 0 Å². The van der Waals surface area contributed by atoms with Gasteiger partial charge in [-0.1, -0.05) is 47.3 Å². The predicted octanol–water partition coefficient (Wildman–Crippen LogP) is 4.41. The lowest BCUT2D eigenvalue weighted by Crippen LogP contribution is -2.26. The van der Waals surface area contributed by atoms with Gasteiger partial charge in [0, 0.05) is 4.47 Å². The number of halogens is 1. The van der Waals surface area contributed by atoms with Crippen LogP contribution in [0.5, 0.6) is 0 Å². The number of nitrogens with one attached hydrogen (secondary N) is 1. The largest absolute Gasteiger partial charge is 0.319 e. The van der Waals surface area contributed by atoms with Crippen molar-refractivity contribution >= 4 is 15.9 Å². The Morgan fingerprint density at radius 1 is 1.06 bits per heavy atom. The highest BCUT2D eigenvalue weighted by molar-refractivity contribution is 9.10. The van der Waals surface area contributed by atoms with Crippen LogP contribution >= 0.6 is 15.9 Å². The van der Waals surface area contributed by atoms with Crippen molar-refractivity contribution in [1.29, 1.82) is 0 Å². The highest BCUT2D eigenvalue weighted by Gasteiger charge is 2.23. The van der Waals surface area contributed by atoms with E-state index in [1.54, 1.807) is 0 Å². The SMILES string of the molecule is CNCC1CCCCCC1Cc1ccc(Br)cc1. The Kier molecular flexibility index (Phi) is 5.71. The Balaban J connectivity index is 2.01. The fourth-order valence-electron chi connectivity index (χ4n) is 3.18.